The Balaban J connectivity index is 2.36. The Morgan fingerprint density at radius 2 is 1.95 bits per heavy atom. The van der Waals surface area contributed by atoms with Crippen LogP contribution in [0.15, 0.2) is 30.3 Å². The minimum absolute atomic E-state index is 0.263. The minimum atomic E-state index is -0.263. The highest BCUT2D eigenvalue weighted by molar-refractivity contribution is 5.23. The molecule has 0 saturated heterocycles. The van der Waals surface area contributed by atoms with Gasteiger partial charge in [-0.05, 0) is 5.56 Å². The molecule has 108 valence electrons. The molecule has 0 amide bonds. The number of benzene rings is 1. The molecule has 2 aromatic rings. The van der Waals surface area contributed by atoms with Gasteiger partial charge in [-0.25, -0.2) is 0 Å². The largest absolute Gasteiger partial charge is 0.383 e. The monoisotopic (exact) mass is 276 g/mol. The first kappa shape index (κ1) is 14.6. The van der Waals surface area contributed by atoms with Gasteiger partial charge in [0, 0.05) is 20.8 Å². The van der Waals surface area contributed by atoms with Crippen LogP contribution < -0.4 is 5.73 Å². The van der Waals surface area contributed by atoms with Crippen molar-refractivity contribution >= 4 is 0 Å². The molecular formula is C14H20N4O2. The summed E-state index contributed by atoms with van der Waals surface area (Å²) in [4.78, 5) is 0. The average Bonchev–Trinajstić information content (AvgIpc) is 2.90. The van der Waals surface area contributed by atoms with Crippen molar-refractivity contribution in [1.82, 2.24) is 14.8 Å². The Bertz CT molecular complexity index is 527. The van der Waals surface area contributed by atoms with Crippen molar-refractivity contribution in [3.05, 3.63) is 47.5 Å². The number of hydrogen-bond acceptors (Lipinski definition) is 5. The van der Waals surface area contributed by atoms with Crippen molar-refractivity contribution in [2.75, 3.05) is 20.8 Å². The maximum atomic E-state index is 5.71. The molecule has 0 spiro atoms. The number of nitrogens with two attached hydrogens (primary N) is 1. The smallest absolute Gasteiger partial charge is 0.166 e. The Hall–Kier alpha value is -1.76. The van der Waals surface area contributed by atoms with E-state index in [1.165, 1.54) is 0 Å². The van der Waals surface area contributed by atoms with Crippen molar-refractivity contribution in [1.29, 1.82) is 0 Å². The molecule has 0 bridgehead atoms. The van der Waals surface area contributed by atoms with Crippen molar-refractivity contribution < 1.29 is 9.47 Å². The van der Waals surface area contributed by atoms with Gasteiger partial charge in [0.05, 0.1) is 13.2 Å². The van der Waals surface area contributed by atoms with Crippen LogP contribution in [0.3, 0.4) is 0 Å². The fourth-order valence-corrected chi connectivity index (χ4v) is 2.14. The molecule has 2 N–H and O–H groups in total. The fourth-order valence-electron chi connectivity index (χ4n) is 2.14. The lowest BCUT2D eigenvalue weighted by atomic mass is 10.1. The van der Waals surface area contributed by atoms with Crippen LogP contribution >= 0.6 is 0 Å². The molecule has 1 atom stereocenters. The van der Waals surface area contributed by atoms with Crippen molar-refractivity contribution in [3.63, 3.8) is 0 Å². The van der Waals surface area contributed by atoms with E-state index in [0.717, 1.165) is 17.2 Å². The third-order valence-corrected chi connectivity index (χ3v) is 3.13. The zero-order valence-corrected chi connectivity index (χ0v) is 11.8. The van der Waals surface area contributed by atoms with Crippen LogP contribution in [0.25, 0.3) is 0 Å². The topological polar surface area (TPSA) is 75.2 Å². The zero-order chi connectivity index (χ0) is 14.4. The summed E-state index contributed by atoms with van der Waals surface area (Å²) in [5, 5.41) is 8.37. The standard InChI is InChI=1S/C14H20N4O2/c1-19-9-8-18-12(10-15)16-17-14(18)13(20-2)11-6-4-3-5-7-11/h3-7,13H,8-10,15H2,1-2H3. The van der Waals surface area contributed by atoms with E-state index in [-0.39, 0.29) is 6.10 Å². The second-order valence-electron chi connectivity index (χ2n) is 4.35. The SMILES string of the molecule is COCCn1c(CN)nnc1C(OC)c1ccccc1. The molecule has 0 aliphatic rings. The lowest BCUT2D eigenvalue weighted by molar-refractivity contribution is 0.121. The van der Waals surface area contributed by atoms with E-state index < -0.39 is 0 Å². The van der Waals surface area contributed by atoms with Gasteiger partial charge in [-0.3, -0.25) is 0 Å². The van der Waals surface area contributed by atoms with Gasteiger partial charge in [0.15, 0.2) is 5.82 Å². The maximum Gasteiger partial charge on any atom is 0.166 e. The van der Waals surface area contributed by atoms with E-state index in [1.54, 1.807) is 14.2 Å². The number of methoxy groups -OCH3 is 2. The summed E-state index contributed by atoms with van der Waals surface area (Å²) < 4.78 is 12.7. The minimum Gasteiger partial charge on any atom is -0.383 e. The molecule has 2 rings (SSSR count). The second-order valence-corrected chi connectivity index (χ2v) is 4.35. The summed E-state index contributed by atoms with van der Waals surface area (Å²) in [6, 6.07) is 9.93. The zero-order valence-electron chi connectivity index (χ0n) is 11.8. The average molecular weight is 276 g/mol. The molecule has 20 heavy (non-hydrogen) atoms. The van der Waals surface area contributed by atoms with Gasteiger partial charge in [-0.2, -0.15) is 0 Å². The molecule has 0 fully saturated rings. The first-order chi connectivity index (χ1) is 9.81. The van der Waals surface area contributed by atoms with Crippen molar-refractivity contribution in [3.8, 4) is 0 Å². The Labute approximate surface area is 118 Å². The Morgan fingerprint density at radius 1 is 1.20 bits per heavy atom. The third-order valence-electron chi connectivity index (χ3n) is 3.13. The molecule has 0 aliphatic heterocycles. The number of hydrogen-bond donors (Lipinski definition) is 1. The van der Waals surface area contributed by atoms with Gasteiger partial charge in [0.2, 0.25) is 0 Å². The summed E-state index contributed by atoms with van der Waals surface area (Å²) in [7, 11) is 3.33. The summed E-state index contributed by atoms with van der Waals surface area (Å²) in [6.07, 6.45) is -0.263. The molecule has 6 heteroatoms. The predicted molar refractivity (Wildman–Crippen MR) is 75.1 cm³/mol. The van der Waals surface area contributed by atoms with E-state index >= 15 is 0 Å². The second kappa shape index (κ2) is 7.14. The van der Waals surface area contributed by atoms with Gasteiger partial charge in [-0.15, -0.1) is 10.2 Å². The van der Waals surface area contributed by atoms with Crippen LogP contribution in [0, 0.1) is 0 Å². The molecule has 0 radical (unpaired) electrons. The number of aromatic nitrogens is 3. The third kappa shape index (κ3) is 3.04. The van der Waals surface area contributed by atoms with Gasteiger partial charge in [0.25, 0.3) is 0 Å². The van der Waals surface area contributed by atoms with Crippen molar-refractivity contribution in [2.24, 2.45) is 5.73 Å². The van der Waals surface area contributed by atoms with Gasteiger partial charge in [0.1, 0.15) is 11.9 Å². The molecule has 1 aromatic heterocycles. The molecule has 1 unspecified atom stereocenters. The van der Waals surface area contributed by atoms with E-state index in [4.69, 9.17) is 15.2 Å². The summed E-state index contributed by atoms with van der Waals surface area (Å²) in [5.74, 6) is 1.48. The summed E-state index contributed by atoms with van der Waals surface area (Å²) >= 11 is 0. The van der Waals surface area contributed by atoms with Crippen LogP contribution in [-0.2, 0) is 22.6 Å². The molecule has 1 heterocycles. The maximum absolute atomic E-state index is 5.71. The highest BCUT2D eigenvalue weighted by Crippen LogP contribution is 2.24. The highest BCUT2D eigenvalue weighted by atomic mass is 16.5. The van der Waals surface area contributed by atoms with E-state index in [1.807, 2.05) is 34.9 Å². The summed E-state index contributed by atoms with van der Waals surface area (Å²) in [5.41, 5.74) is 6.74. The highest BCUT2D eigenvalue weighted by Gasteiger charge is 2.21. The number of nitrogens with zero attached hydrogens (tertiary/aromatic N) is 3. The Morgan fingerprint density at radius 3 is 2.55 bits per heavy atom. The predicted octanol–water partition coefficient (Wildman–Crippen LogP) is 1.12. The van der Waals surface area contributed by atoms with E-state index in [0.29, 0.717) is 19.7 Å². The molecule has 0 saturated carbocycles. The molecule has 6 nitrogen and oxygen atoms in total. The first-order valence-corrected chi connectivity index (χ1v) is 6.50. The quantitative estimate of drug-likeness (QED) is 0.820. The number of ether oxygens (including phenoxy) is 2. The van der Waals surface area contributed by atoms with Gasteiger partial charge < -0.3 is 19.8 Å². The molecule has 0 aliphatic carbocycles. The van der Waals surface area contributed by atoms with Crippen LogP contribution in [0.2, 0.25) is 0 Å². The van der Waals surface area contributed by atoms with Crippen LogP contribution in [-0.4, -0.2) is 35.6 Å². The number of rotatable bonds is 7. The van der Waals surface area contributed by atoms with Crippen LogP contribution in [0.1, 0.15) is 23.3 Å². The van der Waals surface area contributed by atoms with Crippen molar-refractivity contribution in [2.45, 2.75) is 19.2 Å². The van der Waals surface area contributed by atoms with Gasteiger partial charge >= 0.3 is 0 Å². The fraction of sp³-hybridized carbons (Fsp3) is 0.429. The van der Waals surface area contributed by atoms with Crippen LogP contribution in [0.5, 0.6) is 0 Å². The van der Waals surface area contributed by atoms with Crippen LogP contribution in [0.4, 0.5) is 0 Å². The van der Waals surface area contributed by atoms with Gasteiger partial charge in [-0.1, -0.05) is 30.3 Å². The van der Waals surface area contributed by atoms with E-state index in [2.05, 4.69) is 10.2 Å². The molecule has 1 aromatic carbocycles. The normalized spacial score (nSPS) is 12.6. The molecular weight excluding hydrogens is 256 g/mol. The summed E-state index contributed by atoms with van der Waals surface area (Å²) in [6.45, 7) is 1.56. The Kier molecular flexibility index (Phi) is 5.23. The van der Waals surface area contributed by atoms with E-state index in [9.17, 15) is 0 Å². The lowest BCUT2D eigenvalue weighted by Crippen LogP contribution is -2.17. The lowest BCUT2D eigenvalue weighted by Gasteiger charge is -2.17. The first-order valence-electron chi connectivity index (χ1n) is 6.50.